The Morgan fingerprint density at radius 1 is 1.56 bits per heavy atom. The Hall–Kier alpha value is 0.650. The molecule has 0 aromatic heterocycles. The van der Waals surface area contributed by atoms with Gasteiger partial charge in [-0.25, -0.2) is 0 Å². The Balaban J connectivity index is -0.000000245. The van der Waals surface area contributed by atoms with Crippen LogP contribution in [0.3, 0.4) is 0 Å². The number of hydrogen-bond acceptors (Lipinski definition) is 3. The third-order valence-corrected chi connectivity index (χ3v) is 1.61. The molecule has 9 heavy (non-hydrogen) atoms. The van der Waals surface area contributed by atoms with E-state index in [1.807, 2.05) is 0 Å². The molecule has 0 aromatic carbocycles. The van der Waals surface area contributed by atoms with E-state index in [0.29, 0.717) is 0 Å². The Morgan fingerprint density at radius 3 is 2.11 bits per heavy atom. The minimum Gasteiger partial charge on any atom is -1.00 e. The van der Waals surface area contributed by atoms with Gasteiger partial charge in [0.1, 0.15) is 0 Å². The largest absolute Gasteiger partial charge is 1.00 e. The van der Waals surface area contributed by atoms with Crippen molar-refractivity contribution in [3.05, 3.63) is 11.5 Å². The summed E-state index contributed by atoms with van der Waals surface area (Å²) in [5.74, 6) is 0. The van der Waals surface area contributed by atoms with Crippen LogP contribution in [0.4, 0.5) is 0 Å². The first-order valence-corrected chi connectivity index (χ1v) is 3.53. The van der Waals surface area contributed by atoms with Crippen LogP contribution >= 0.6 is 0 Å². The average Bonchev–Trinajstić information content (AvgIpc) is 1.67. The zero-order valence-electron chi connectivity index (χ0n) is 6.79. The van der Waals surface area contributed by atoms with E-state index in [9.17, 15) is 8.42 Å². The van der Waals surface area contributed by atoms with E-state index in [0.717, 1.165) is 12.5 Å². The quantitative estimate of drug-likeness (QED) is 0.334. The van der Waals surface area contributed by atoms with E-state index < -0.39 is 10.1 Å². The summed E-state index contributed by atoms with van der Waals surface area (Å²) >= 11 is 0. The fraction of sp³-hybridized carbons (Fsp3) is 0.500. The molecular formula is C4H9NaO3S. The van der Waals surface area contributed by atoms with Crippen molar-refractivity contribution in [3.8, 4) is 0 Å². The Bertz CT molecular complexity index is 175. The van der Waals surface area contributed by atoms with E-state index in [4.69, 9.17) is 0 Å². The Labute approximate surface area is 79.0 Å². The molecule has 0 aliphatic heterocycles. The van der Waals surface area contributed by atoms with Crippen molar-refractivity contribution >= 4 is 10.1 Å². The molecule has 0 aliphatic rings. The van der Waals surface area contributed by atoms with Gasteiger partial charge in [-0.3, -0.25) is 4.18 Å². The van der Waals surface area contributed by atoms with Crippen LogP contribution in [0.15, 0.2) is 11.5 Å². The van der Waals surface area contributed by atoms with Crippen molar-refractivity contribution in [2.45, 2.75) is 6.92 Å². The topological polar surface area (TPSA) is 43.4 Å². The minimum atomic E-state index is -3.35. The van der Waals surface area contributed by atoms with E-state index in [-0.39, 0.29) is 31.0 Å². The van der Waals surface area contributed by atoms with Crippen molar-refractivity contribution in [2.24, 2.45) is 0 Å². The van der Waals surface area contributed by atoms with Gasteiger partial charge < -0.3 is 1.43 Å². The normalized spacial score (nSPS) is 11.3. The standard InChI is InChI=1S/C4H8O3S.Na.H/c1-3-4-8(5,6)7-2;;/h3-4H,1-2H3;;/q;+1;-1. The van der Waals surface area contributed by atoms with E-state index >= 15 is 0 Å². The van der Waals surface area contributed by atoms with Gasteiger partial charge in [-0.1, -0.05) is 6.08 Å². The molecule has 0 amide bonds. The molecule has 0 N–H and O–H groups in total. The van der Waals surface area contributed by atoms with E-state index in [2.05, 4.69) is 4.18 Å². The molecule has 0 bridgehead atoms. The van der Waals surface area contributed by atoms with E-state index in [1.54, 1.807) is 6.92 Å². The second kappa shape index (κ2) is 5.44. The smallest absolute Gasteiger partial charge is 1.00 e. The van der Waals surface area contributed by atoms with Crippen LogP contribution in [0.1, 0.15) is 8.35 Å². The van der Waals surface area contributed by atoms with Crippen LogP contribution < -0.4 is 29.6 Å². The van der Waals surface area contributed by atoms with Crippen molar-refractivity contribution in [3.63, 3.8) is 0 Å². The number of allylic oxidation sites excluding steroid dienone is 1. The number of hydrogen-bond donors (Lipinski definition) is 0. The molecule has 3 nitrogen and oxygen atoms in total. The maximum Gasteiger partial charge on any atom is 1.00 e. The summed E-state index contributed by atoms with van der Waals surface area (Å²) in [6.07, 6.45) is 1.40. The van der Waals surface area contributed by atoms with Crippen molar-refractivity contribution < 1.29 is 43.6 Å². The minimum absolute atomic E-state index is 0. The molecule has 0 fully saturated rings. The molecule has 0 aliphatic carbocycles. The Kier molecular flexibility index (Phi) is 7.45. The molecule has 0 rings (SSSR count). The zero-order chi connectivity index (χ0) is 6.62. The average molecular weight is 160 g/mol. The summed E-state index contributed by atoms with van der Waals surface area (Å²) in [5, 5.41) is 0.993. The van der Waals surface area contributed by atoms with Gasteiger partial charge >= 0.3 is 29.6 Å². The van der Waals surface area contributed by atoms with Crippen molar-refractivity contribution in [1.82, 2.24) is 0 Å². The molecule has 50 valence electrons. The number of rotatable bonds is 2. The zero-order valence-corrected chi connectivity index (χ0v) is 8.60. The fourth-order valence-electron chi connectivity index (χ4n) is 0.222. The molecule has 0 atom stereocenters. The SMILES string of the molecule is CC=CS(=O)(=O)OC.[H-].[Na+]. The van der Waals surface area contributed by atoms with Gasteiger partial charge in [0.15, 0.2) is 0 Å². The predicted molar refractivity (Wildman–Crippen MR) is 31.9 cm³/mol. The van der Waals surface area contributed by atoms with Crippen molar-refractivity contribution in [2.75, 3.05) is 7.11 Å². The summed E-state index contributed by atoms with van der Waals surface area (Å²) < 4.78 is 24.6. The summed E-state index contributed by atoms with van der Waals surface area (Å²) in [7, 11) is -2.23. The van der Waals surface area contributed by atoms with E-state index in [1.165, 1.54) is 6.08 Å². The van der Waals surface area contributed by atoms with Crippen LogP contribution in [0.25, 0.3) is 0 Å². The third-order valence-electron chi connectivity index (χ3n) is 0.535. The third kappa shape index (κ3) is 6.54. The van der Waals surface area contributed by atoms with Crippen LogP contribution in [0, 0.1) is 0 Å². The first-order valence-electron chi connectivity index (χ1n) is 2.05. The molecule has 0 radical (unpaired) electrons. The maximum absolute atomic E-state index is 10.3. The molecule has 0 saturated heterocycles. The van der Waals surface area contributed by atoms with Crippen LogP contribution in [-0.4, -0.2) is 15.5 Å². The van der Waals surface area contributed by atoms with Gasteiger partial charge in [-0.15, -0.1) is 0 Å². The molecule has 0 unspecified atom stereocenters. The molecule has 0 spiro atoms. The Morgan fingerprint density at radius 2 is 2.00 bits per heavy atom. The van der Waals surface area contributed by atoms with Crippen LogP contribution in [0.2, 0.25) is 0 Å². The first kappa shape index (κ1) is 12.3. The summed E-state index contributed by atoms with van der Waals surface area (Å²) in [4.78, 5) is 0. The second-order valence-electron chi connectivity index (χ2n) is 1.13. The molecule has 0 aromatic rings. The summed E-state index contributed by atoms with van der Waals surface area (Å²) in [6, 6.07) is 0. The first-order chi connectivity index (χ1) is 3.62. The van der Waals surface area contributed by atoms with Gasteiger partial charge in [0.2, 0.25) is 0 Å². The maximum atomic E-state index is 10.3. The molecular weight excluding hydrogens is 151 g/mol. The fourth-order valence-corrected chi connectivity index (χ4v) is 0.667. The predicted octanol–water partition coefficient (Wildman–Crippen LogP) is -2.39. The monoisotopic (exact) mass is 160 g/mol. The van der Waals surface area contributed by atoms with Gasteiger partial charge in [0.05, 0.1) is 12.5 Å². The second-order valence-corrected chi connectivity index (χ2v) is 2.72. The molecule has 0 saturated carbocycles. The van der Waals surface area contributed by atoms with Gasteiger partial charge in [0.25, 0.3) is 10.1 Å². The molecule has 5 heteroatoms. The van der Waals surface area contributed by atoms with Gasteiger partial charge in [-0.2, -0.15) is 8.42 Å². The molecule has 0 heterocycles. The van der Waals surface area contributed by atoms with Gasteiger partial charge in [0, 0.05) is 0 Å². The summed E-state index contributed by atoms with van der Waals surface area (Å²) in [5.41, 5.74) is 0. The van der Waals surface area contributed by atoms with Crippen molar-refractivity contribution in [1.29, 1.82) is 0 Å². The van der Waals surface area contributed by atoms with Crippen LogP contribution in [-0.2, 0) is 14.3 Å². The van der Waals surface area contributed by atoms with Gasteiger partial charge in [-0.05, 0) is 6.92 Å². The summed E-state index contributed by atoms with van der Waals surface area (Å²) in [6.45, 7) is 1.61. The van der Waals surface area contributed by atoms with Crippen LogP contribution in [0.5, 0.6) is 0 Å².